The highest BCUT2D eigenvalue weighted by molar-refractivity contribution is 6.56. The molecule has 0 amide bonds. The van der Waals surface area contributed by atoms with Gasteiger partial charge in [0.25, 0.3) is 0 Å². The first-order valence-electron chi connectivity index (χ1n) is 5.39. The molecule has 4 nitrogen and oxygen atoms in total. The molecule has 0 aromatic rings. The van der Waals surface area contributed by atoms with Crippen LogP contribution < -0.4 is 5.40 Å². The molecule has 0 aliphatic rings. The van der Waals surface area contributed by atoms with E-state index in [1.54, 1.807) is 0 Å². The van der Waals surface area contributed by atoms with E-state index in [0.29, 0.717) is 19.8 Å². The zero-order chi connectivity index (χ0) is 10.9. The fourth-order valence-corrected chi connectivity index (χ4v) is 2.58. The van der Waals surface area contributed by atoms with Gasteiger partial charge < -0.3 is 13.3 Å². The van der Waals surface area contributed by atoms with Crippen LogP contribution in [0.5, 0.6) is 0 Å². The first kappa shape index (κ1) is 14.1. The van der Waals surface area contributed by atoms with Gasteiger partial charge in [-0.3, -0.25) is 5.40 Å². The smallest absolute Gasteiger partial charge is 0.362 e. The Hall–Kier alpha value is 0.0569. The van der Waals surface area contributed by atoms with Gasteiger partial charge in [0.1, 0.15) is 0 Å². The summed E-state index contributed by atoms with van der Waals surface area (Å²) in [7, 11) is -2.80. The monoisotopic (exact) mass is 221 g/mol. The normalized spacial score (nSPS) is 12.0. The van der Waals surface area contributed by atoms with Crippen molar-refractivity contribution in [2.75, 3.05) is 19.8 Å². The maximum Gasteiger partial charge on any atom is 0.594 e. The van der Waals surface area contributed by atoms with Gasteiger partial charge in [-0.25, -0.2) is 0 Å². The average molecular weight is 221 g/mol. The summed E-state index contributed by atoms with van der Waals surface area (Å²) in [5.41, 5.74) is 0. The highest BCUT2D eigenvalue weighted by Gasteiger charge is 2.36. The van der Waals surface area contributed by atoms with E-state index in [-0.39, 0.29) is 0 Å². The fraction of sp³-hybridized carbons (Fsp3) is 1.00. The van der Waals surface area contributed by atoms with E-state index in [0.717, 1.165) is 12.8 Å². The van der Waals surface area contributed by atoms with Crippen molar-refractivity contribution in [3.63, 3.8) is 0 Å². The molecule has 0 bridgehead atoms. The molecule has 0 spiro atoms. The number of nitrogens with two attached hydrogens (primary N) is 1. The van der Waals surface area contributed by atoms with Gasteiger partial charge in [-0.05, 0) is 20.3 Å². The SMILES string of the molecule is CCCCCO[Si](N)(OCC)OCC. The molecule has 0 aromatic carbocycles. The predicted octanol–water partition coefficient (Wildman–Crippen LogP) is 1.66. The van der Waals surface area contributed by atoms with Crippen molar-refractivity contribution >= 4 is 8.97 Å². The van der Waals surface area contributed by atoms with Crippen molar-refractivity contribution < 1.29 is 13.3 Å². The molecule has 2 N–H and O–H groups in total. The Labute approximate surface area is 88.2 Å². The van der Waals surface area contributed by atoms with Crippen LogP contribution in [0.4, 0.5) is 0 Å². The van der Waals surface area contributed by atoms with E-state index >= 15 is 0 Å². The Kier molecular flexibility index (Phi) is 8.41. The molecule has 0 aliphatic carbocycles. The molecule has 0 saturated carbocycles. The minimum Gasteiger partial charge on any atom is -0.362 e. The highest BCUT2D eigenvalue weighted by Crippen LogP contribution is 2.04. The average Bonchev–Trinajstić information content (AvgIpc) is 2.13. The highest BCUT2D eigenvalue weighted by atomic mass is 28.4. The van der Waals surface area contributed by atoms with Crippen LogP contribution >= 0.6 is 0 Å². The van der Waals surface area contributed by atoms with Crippen molar-refractivity contribution in [3.05, 3.63) is 0 Å². The molecule has 0 saturated heterocycles. The van der Waals surface area contributed by atoms with Crippen molar-refractivity contribution in [3.8, 4) is 0 Å². The van der Waals surface area contributed by atoms with Crippen LogP contribution in [0.2, 0.25) is 0 Å². The first-order valence-corrected chi connectivity index (χ1v) is 7.19. The summed E-state index contributed by atoms with van der Waals surface area (Å²) in [6.07, 6.45) is 3.34. The summed E-state index contributed by atoms with van der Waals surface area (Å²) in [5, 5.41) is 5.87. The van der Waals surface area contributed by atoms with E-state index < -0.39 is 8.97 Å². The first-order chi connectivity index (χ1) is 6.68. The van der Waals surface area contributed by atoms with Gasteiger partial charge in [0.2, 0.25) is 0 Å². The molecule has 0 radical (unpaired) electrons. The fourth-order valence-electron chi connectivity index (χ4n) is 1.09. The van der Waals surface area contributed by atoms with Crippen LogP contribution in [-0.2, 0) is 13.3 Å². The van der Waals surface area contributed by atoms with Crippen molar-refractivity contribution in [2.24, 2.45) is 5.40 Å². The maximum atomic E-state index is 5.87. The molecule has 0 atom stereocenters. The van der Waals surface area contributed by atoms with Crippen molar-refractivity contribution in [1.82, 2.24) is 0 Å². The molecule has 0 aromatic heterocycles. The lowest BCUT2D eigenvalue weighted by molar-refractivity contribution is 0.0667. The molecule has 0 heterocycles. The summed E-state index contributed by atoms with van der Waals surface area (Å²) in [4.78, 5) is 0. The standard InChI is InChI=1S/C9H23NO3Si/c1-4-7-8-9-13-14(10,11-5-2)12-6-3/h4-10H2,1-3H3. The Morgan fingerprint density at radius 1 is 0.929 bits per heavy atom. The second-order valence-electron chi connectivity index (χ2n) is 3.03. The third kappa shape index (κ3) is 6.50. The van der Waals surface area contributed by atoms with E-state index in [4.69, 9.17) is 18.7 Å². The van der Waals surface area contributed by atoms with Gasteiger partial charge in [0.15, 0.2) is 0 Å². The Morgan fingerprint density at radius 3 is 1.93 bits per heavy atom. The molecule has 0 rings (SSSR count). The van der Waals surface area contributed by atoms with Gasteiger partial charge in [-0.1, -0.05) is 19.8 Å². The van der Waals surface area contributed by atoms with E-state index in [1.165, 1.54) is 6.42 Å². The molecule has 5 heteroatoms. The van der Waals surface area contributed by atoms with Crippen LogP contribution in [0.1, 0.15) is 40.0 Å². The summed E-state index contributed by atoms with van der Waals surface area (Å²) in [5.74, 6) is 0. The molecular weight excluding hydrogens is 198 g/mol. The third-order valence-electron chi connectivity index (χ3n) is 1.74. The summed E-state index contributed by atoms with van der Waals surface area (Å²) < 4.78 is 16.1. The quantitative estimate of drug-likeness (QED) is 0.475. The van der Waals surface area contributed by atoms with Gasteiger partial charge in [-0.15, -0.1) is 0 Å². The summed E-state index contributed by atoms with van der Waals surface area (Å²) in [6.45, 7) is 7.65. The lowest BCUT2D eigenvalue weighted by Gasteiger charge is -2.23. The van der Waals surface area contributed by atoms with Crippen LogP contribution in [0.15, 0.2) is 0 Å². The molecular formula is C9H23NO3Si. The largest absolute Gasteiger partial charge is 0.594 e. The molecule has 0 fully saturated rings. The van der Waals surface area contributed by atoms with Crippen LogP contribution in [0, 0.1) is 0 Å². The number of hydrogen-bond donors (Lipinski definition) is 1. The number of unbranched alkanes of at least 4 members (excludes halogenated alkanes) is 2. The summed E-state index contributed by atoms with van der Waals surface area (Å²) >= 11 is 0. The van der Waals surface area contributed by atoms with Crippen LogP contribution in [-0.4, -0.2) is 28.8 Å². The lowest BCUT2D eigenvalue weighted by Crippen LogP contribution is -2.55. The Bertz CT molecular complexity index is 129. The lowest BCUT2D eigenvalue weighted by atomic mass is 10.3. The number of rotatable bonds is 9. The van der Waals surface area contributed by atoms with Crippen molar-refractivity contribution in [2.45, 2.75) is 40.0 Å². The third-order valence-corrected chi connectivity index (χ3v) is 3.73. The van der Waals surface area contributed by atoms with Gasteiger partial charge in [0, 0.05) is 19.8 Å². The second-order valence-corrected chi connectivity index (χ2v) is 5.10. The molecule has 0 unspecified atom stereocenters. The van der Waals surface area contributed by atoms with E-state index in [2.05, 4.69) is 6.92 Å². The molecule has 14 heavy (non-hydrogen) atoms. The van der Waals surface area contributed by atoms with Crippen LogP contribution in [0.25, 0.3) is 0 Å². The van der Waals surface area contributed by atoms with Gasteiger partial charge in [0.05, 0.1) is 0 Å². The minimum atomic E-state index is -2.80. The van der Waals surface area contributed by atoms with Crippen molar-refractivity contribution in [1.29, 1.82) is 0 Å². The maximum absolute atomic E-state index is 5.87. The zero-order valence-electron chi connectivity index (χ0n) is 9.54. The second kappa shape index (κ2) is 8.37. The molecule has 0 aliphatic heterocycles. The minimum absolute atomic E-state index is 0.538. The topological polar surface area (TPSA) is 53.7 Å². The zero-order valence-corrected chi connectivity index (χ0v) is 10.5. The van der Waals surface area contributed by atoms with E-state index in [1.807, 2.05) is 13.8 Å². The van der Waals surface area contributed by atoms with Gasteiger partial charge >= 0.3 is 8.97 Å². The predicted molar refractivity (Wildman–Crippen MR) is 58.7 cm³/mol. The van der Waals surface area contributed by atoms with Crippen LogP contribution in [0.3, 0.4) is 0 Å². The number of hydrogen-bond acceptors (Lipinski definition) is 4. The van der Waals surface area contributed by atoms with Gasteiger partial charge in [-0.2, -0.15) is 0 Å². The Morgan fingerprint density at radius 2 is 1.50 bits per heavy atom. The van der Waals surface area contributed by atoms with E-state index in [9.17, 15) is 0 Å². The molecule has 86 valence electrons. The summed E-state index contributed by atoms with van der Waals surface area (Å²) in [6, 6.07) is 0. The Balaban J connectivity index is 3.71.